The second-order valence-electron chi connectivity index (χ2n) is 3.34. The minimum atomic E-state index is 0.636. The highest BCUT2D eigenvalue weighted by molar-refractivity contribution is 7.09. The number of thiazole rings is 1. The Balaban J connectivity index is 1.98. The molecule has 0 aromatic carbocycles. The van der Waals surface area contributed by atoms with Crippen molar-refractivity contribution >= 4 is 11.3 Å². The number of nitrogens with zero attached hydrogens (tertiary/aromatic N) is 2. The number of rotatable bonds is 7. The van der Waals surface area contributed by atoms with Crippen LogP contribution in [0.4, 0.5) is 0 Å². The van der Waals surface area contributed by atoms with Crippen LogP contribution in [-0.2, 0) is 11.2 Å². The lowest BCUT2D eigenvalue weighted by molar-refractivity contribution is 0.134. The maximum absolute atomic E-state index is 8.33. The molecule has 0 aliphatic carbocycles. The quantitative estimate of drug-likeness (QED) is 0.669. The fraction of sp³-hybridized carbons (Fsp3) is 0.636. The number of aryl methyl sites for hydroxylation is 1. The Morgan fingerprint density at radius 1 is 1.47 bits per heavy atom. The minimum Gasteiger partial charge on any atom is -0.381 e. The molecule has 0 bridgehead atoms. The SMILES string of the molecule is Cc1ncsc1CCOCCCCC#N. The van der Waals surface area contributed by atoms with E-state index in [4.69, 9.17) is 10.00 Å². The molecule has 0 radical (unpaired) electrons. The molecule has 0 aliphatic heterocycles. The van der Waals surface area contributed by atoms with Crippen molar-refractivity contribution in [2.75, 3.05) is 13.2 Å². The summed E-state index contributed by atoms with van der Waals surface area (Å²) in [6.07, 6.45) is 3.51. The van der Waals surface area contributed by atoms with Gasteiger partial charge in [0.1, 0.15) is 0 Å². The van der Waals surface area contributed by atoms with Crippen LogP contribution < -0.4 is 0 Å². The van der Waals surface area contributed by atoms with Gasteiger partial charge in [-0.1, -0.05) is 0 Å². The van der Waals surface area contributed by atoms with Gasteiger partial charge in [-0.05, 0) is 19.8 Å². The summed E-state index contributed by atoms with van der Waals surface area (Å²) in [6, 6.07) is 2.13. The molecule has 0 fully saturated rings. The monoisotopic (exact) mass is 224 g/mol. The van der Waals surface area contributed by atoms with E-state index in [9.17, 15) is 0 Å². The minimum absolute atomic E-state index is 0.636. The second-order valence-corrected chi connectivity index (χ2v) is 4.28. The molecule has 0 spiro atoms. The van der Waals surface area contributed by atoms with E-state index in [2.05, 4.69) is 11.1 Å². The van der Waals surface area contributed by atoms with E-state index in [1.807, 2.05) is 12.4 Å². The third kappa shape index (κ3) is 4.91. The lowest BCUT2D eigenvalue weighted by atomic mass is 10.2. The second kappa shape index (κ2) is 7.38. The zero-order valence-electron chi connectivity index (χ0n) is 9.03. The summed E-state index contributed by atoms with van der Waals surface area (Å²) in [4.78, 5) is 5.50. The summed E-state index contributed by atoms with van der Waals surface area (Å²) in [5.74, 6) is 0. The molecule has 1 aromatic rings. The van der Waals surface area contributed by atoms with Crippen LogP contribution in [0.2, 0.25) is 0 Å². The Kier molecular flexibility index (Phi) is 5.98. The van der Waals surface area contributed by atoms with Crippen LogP contribution in [0, 0.1) is 18.3 Å². The molecule has 4 heteroatoms. The van der Waals surface area contributed by atoms with Crippen LogP contribution in [0.3, 0.4) is 0 Å². The summed E-state index contributed by atoms with van der Waals surface area (Å²) < 4.78 is 5.48. The highest BCUT2D eigenvalue weighted by Gasteiger charge is 2.00. The van der Waals surface area contributed by atoms with Gasteiger partial charge in [0, 0.05) is 24.3 Å². The van der Waals surface area contributed by atoms with Crippen LogP contribution in [0.25, 0.3) is 0 Å². The van der Waals surface area contributed by atoms with E-state index in [0.717, 1.165) is 38.2 Å². The number of ether oxygens (including phenoxy) is 1. The third-order valence-corrected chi connectivity index (χ3v) is 3.14. The molecule has 0 aliphatic rings. The zero-order valence-corrected chi connectivity index (χ0v) is 9.85. The van der Waals surface area contributed by atoms with E-state index >= 15 is 0 Å². The maximum atomic E-state index is 8.33. The van der Waals surface area contributed by atoms with Gasteiger partial charge in [-0.3, -0.25) is 0 Å². The molecule has 1 rings (SSSR count). The average molecular weight is 224 g/mol. The molecule has 0 saturated heterocycles. The van der Waals surface area contributed by atoms with Gasteiger partial charge in [0.15, 0.2) is 0 Å². The predicted octanol–water partition coefficient (Wildman–Crippen LogP) is 2.70. The molecule has 0 amide bonds. The normalized spacial score (nSPS) is 10.1. The van der Waals surface area contributed by atoms with Crippen molar-refractivity contribution in [3.8, 4) is 6.07 Å². The van der Waals surface area contributed by atoms with E-state index in [-0.39, 0.29) is 0 Å². The zero-order chi connectivity index (χ0) is 10.9. The van der Waals surface area contributed by atoms with Crippen LogP contribution in [-0.4, -0.2) is 18.2 Å². The molecule has 0 N–H and O–H groups in total. The van der Waals surface area contributed by atoms with Gasteiger partial charge in [0.25, 0.3) is 0 Å². The molecule has 0 unspecified atom stereocenters. The van der Waals surface area contributed by atoms with Crippen molar-refractivity contribution in [3.05, 3.63) is 16.1 Å². The smallest absolute Gasteiger partial charge is 0.0797 e. The van der Waals surface area contributed by atoms with Gasteiger partial charge in [0.2, 0.25) is 0 Å². The Hall–Kier alpha value is -0.920. The first-order chi connectivity index (χ1) is 7.34. The summed E-state index contributed by atoms with van der Waals surface area (Å²) in [5, 5.41) is 8.33. The molecule has 15 heavy (non-hydrogen) atoms. The molecule has 0 atom stereocenters. The topological polar surface area (TPSA) is 45.9 Å². The highest BCUT2D eigenvalue weighted by atomic mass is 32.1. The molecule has 0 saturated carbocycles. The molecule has 1 aromatic heterocycles. The van der Waals surface area contributed by atoms with E-state index in [1.165, 1.54) is 4.88 Å². The van der Waals surface area contributed by atoms with Crippen LogP contribution in [0.5, 0.6) is 0 Å². The molecular weight excluding hydrogens is 208 g/mol. The van der Waals surface area contributed by atoms with Crippen molar-refractivity contribution in [2.24, 2.45) is 0 Å². The van der Waals surface area contributed by atoms with Gasteiger partial charge in [-0.25, -0.2) is 4.98 Å². The molecule has 3 nitrogen and oxygen atoms in total. The first-order valence-electron chi connectivity index (χ1n) is 5.18. The largest absolute Gasteiger partial charge is 0.381 e. The van der Waals surface area contributed by atoms with Crippen LogP contribution >= 0.6 is 11.3 Å². The van der Waals surface area contributed by atoms with Crippen LogP contribution in [0.15, 0.2) is 5.51 Å². The fourth-order valence-corrected chi connectivity index (χ4v) is 2.00. The number of hydrogen-bond donors (Lipinski definition) is 0. The van der Waals surface area contributed by atoms with Gasteiger partial charge in [0.05, 0.1) is 23.9 Å². The Bertz CT molecular complexity index is 317. The summed E-state index contributed by atoms with van der Waals surface area (Å²) in [7, 11) is 0. The lowest BCUT2D eigenvalue weighted by Gasteiger charge is -2.02. The maximum Gasteiger partial charge on any atom is 0.0797 e. The summed E-state index contributed by atoms with van der Waals surface area (Å²) in [5.41, 5.74) is 2.99. The molecule has 82 valence electrons. The fourth-order valence-electron chi connectivity index (χ4n) is 1.24. The molecular formula is C11H16N2OS. The van der Waals surface area contributed by atoms with E-state index in [0.29, 0.717) is 6.42 Å². The van der Waals surface area contributed by atoms with Gasteiger partial charge in [-0.15, -0.1) is 11.3 Å². The number of aromatic nitrogens is 1. The highest BCUT2D eigenvalue weighted by Crippen LogP contribution is 2.12. The Morgan fingerprint density at radius 3 is 3.00 bits per heavy atom. The van der Waals surface area contributed by atoms with Crippen molar-refractivity contribution in [2.45, 2.75) is 32.6 Å². The van der Waals surface area contributed by atoms with Crippen molar-refractivity contribution in [1.29, 1.82) is 5.26 Å². The lowest BCUT2D eigenvalue weighted by Crippen LogP contribution is -2.00. The molecule has 1 heterocycles. The van der Waals surface area contributed by atoms with Crippen molar-refractivity contribution in [3.63, 3.8) is 0 Å². The summed E-state index contributed by atoms with van der Waals surface area (Å²) in [6.45, 7) is 3.55. The Morgan fingerprint density at radius 2 is 2.33 bits per heavy atom. The standard InChI is InChI=1S/C11H16N2OS/c1-10-11(15-9-13-10)5-8-14-7-4-2-3-6-12/h9H,2-5,7-8H2,1H3. The average Bonchev–Trinajstić information content (AvgIpc) is 2.63. The van der Waals surface area contributed by atoms with Gasteiger partial charge >= 0.3 is 0 Å². The number of nitriles is 1. The third-order valence-electron chi connectivity index (χ3n) is 2.15. The van der Waals surface area contributed by atoms with Crippen LogP contribution in [0.1, 0.15) is 29.8 Å². The first kappa shape index (κ1) is 12.2. The van der Waals surface area contributed by atoms with Crippen molar-refractivity contribution < 1.29 is 4.74 Å². The van der Waals surface area contributed by atoms with Gasteiger partial charge < -0.3 is 4.74 Å². The number of hydrogen-bond acceptors (Lipinski definition) is 4. The first-order valence-corrected chi connectivity index (χ1v) is 6.06. The van der Waals surface area contributed by atoms with Gasteiger partial charge in [-0.2, -0.15) is 5.26 Å². The van der Waals surface area contributed by atoms with E-state index < -0.39 is 0 Å². The Labute approximate surface area is 94.7 Å². The van der Waals surface area contributed by atoms with Crippen molar-refractivity contribution in [1.82, 2.24) is 4.98 Å². The predicted molar refractivity (Wildman–Crippen MR) is 60.8 cm³/mol. The number of unbranched alkanes of at least 4 members (excludes halogenated alkanes) is 2. The summed E-state index contributed by atoms with van der Waals surface area (Å²) >= 11 is 1.69. The van der Waals surface area contributed by atoms with E-state index in [1.54, 1.807) is 11.3 Å².